The summed E-state index contributed by atoms with van der Waals surface area (Å²) in [6.07, 6.45) is 3.94. The molecule has 0 amide bonds. The van der Waals surface area contributed by atoms with Crippen molar-refractivity contribution in [3.63, 3.8) is 0 Å². The van der Waals surface area contributed by atoms with Crippen molar-refractivity contribution in [3.8, 4) is 0 Å². The van der Waals surface area contributed by atoms with Crippen molar-refractivity contribution in [1.29, 1.82) is 0 Å². The van der Waals surface area contributed by atoms with Crippen molar-refractivity contribution in [2.24, 2.45) is 5.92 Å². The number of furan rings is 1. The summed E-state index contributed by atoms with van der Waals surface area (Å²) >= 11 is 0. The van der Waals surface area contributed by atoms with E-state index in [1.165, 1.54) is 12.3 Å². The number of esters is 1. The number of hydrogen-bond donors (Lipinski definition) is 1. The fraction of sp³-hybridized carbons (Fsp3) is 0.500. The number of ether oxygens (including phenoxy) is 1. The van der Waals surface area contributed by atoms with E-state index >= 15 is 0 Å². The molecule has 8 nitrogen and oxygen atoms in total. The summed E-state index contributed by atoms with van der Waals surface area (Å²) in [5, 5.41) is 9.76. The Balaban J connectivity index is 2.07. The maximum Gasteiger partial charge on any atom is 0.373 e. The Morgan fingerprint density at radius 2 is 2.18 bits per heavy atom. The molecule has 3 heterocycles. The number of rotatable bonds is 6. The molecule has 0 aromatic carbocycles. The molecule has 1 aliphatic rings. The van der Waals surface area contributed by atoms with Crippen LogP contribution in [-0.2, 0) is 11.2 Å². The van der Waals surface area contributed by atoms with Crippen LogP contribution >= 0.6 is 0 Å². The van der Waals surface area contributed by atoms with Gasteiger partial charge in [-0.3, -0.25) is 0 Å². The second-order valence-corrected chi connectivity index (χ2v) is 7.02. The van der Waals surface area contributed by atoms with Gasteiger partial charge in [-0.2, -0.15) is 0 Å². The topological polar surface area (TPSA) is 95.9 Å². The number of aromatic nitrogens is 1. The largest absolute Gasteiger partial charge is 0.464 e. The van der Waals surface area contributed by atoms with Gasteiger partial charge < -0.3 is 14.1 Å². The predicted octanol–water partition coefficient (Wildman–Crippen LogP) is 4.19. The molecule has 1 aliphatic heterocycles. The van der Waals surface area contributed by atoms with E-state index in [1.807, 2.05) is 24.0 Å². The van der Waals surface area contributed by atoms with E-state index in [-0.39, 0.29) is 34.6 Å². The Morgan fingerprint density at radius 1 is 1.39 bits per heavy atom. The van der Waals surface area contributed by atoms with Gasteiger partial charge in [0.05, 0.1) is 17.6 Å². The highest BCUT2D eigenvalue weighted by Gasteiger charge is 2.39. The highest BCUT2D eigenvalue weighted by atomic mass is 16.6. The van der Waals surface area contributed by atoms with Crippen LogP contribution in [0.4, 0.5) is 11.5 Å². The third kappa shape index (κ3) is 3.85. The van der Waals surface area contributed by atoms with Crippen LogP contribution < -0.4 is 4.90 Å². The summed E-state index contributed by atoms with van der Waals surface area (Å²) < 4.78 is 11.0. The molecule has 8 heteroatoms. The van der Waals surface area contributed by atoms with Crippen LogP contribution in [0.1, 0.15) is 61.5 Å². The Morgan fingerprint density at radius 3 is 2.82 bits per heavy atom. The first-order valence-electron chi connectivity index (χ1n) is 9.63. The molecule has 1 saturated heterocycles. The van der Waals surface area contributed by atoms with Gasteiger partial charge in [-0.05, 0) is 43.9 Å². The first-order chi connectivity index (χ1) is 13.5. The average molecular weight is 388 g/mol. The Hall–Kier alpha value is -2.90. The molecule has 0 spiro atoms. The lowest BCUT2D eigenvalue weighted by molar-refractivity contribution is -0.729. The maximum absolute atomic E-state index is 12.3. The lowest BCUT2D eigenvalue weighted by Crippen LogP contribution is -2.37. The average Bonchev–Trinajstić information content (AvgIpc) is 3.16. The van der Waals surface area contributed by atoms with Gasteiger partial charge in [-0.15, -0.1) is 0 Å². The standard InChI is InChI=1S/C20H26N3O5/c1-4-14-6-7-17(28-14)16-12-13(3)9-11-22(16)19-18(23(25)26)15(8-10-21-19)20(24)27-5-2/h6-8,10,13,16H,4-5,9,11-12H2,1-3H3,(H,25,26)/q+1. The zero-order valence-electron chi connectivity index (χ0n) is 16.4. The van der Waals surface area contributed by atoms with Crippen molar-refractivity contribution in [3.05, 3.63) is 46.4 Å². The van der Waals surface area contributed by atoms with E-state index in [4.69, 9.17) is 9.15 Å². The molecular weight excluding hydrogens is 362 g/mol. The molecule has 0 bridgehead atoms. The van der Waals surface area contributed by atoms with Gasteiger partial charge in [0.15, 0.2) is 0 Å². The number of anilines is 1. The molecule has 0 aliphatic carbocycles. The first-order valence-corrected chi connectivity index (χ1v) is 9.63. The minimum absolute atomic E-state index is 0.0181. The first kappa shape index (κ1) is 19.9. The van der Waals surface area contributed by atoms with E-state index < -0.39 is 5.97 Å². The van der Waals surface area contributed by atoms with Crippen LogP contribution in [0.3, 0.4) is 0 Å². The molecule has 2 aromatic rings. The minimum Gasteiger partial charge on any atom is -0.464 e. The number of nitrogens with zero attached hydrogens (tertiary/aromatic N) is 3. The number of carbonyl (C=O) groups excluding carboxylic acids is 1. The number of piperidine rings is 1. The lowest BCUT2D eigenvalue weighted by Gasteiger charge is -2.37. The minimum atomic E-state index is -0.677. The summed E-state index contributed by atoms with van der Waals surface area (Å²) in [6.45, 7) is 6.65. The van der Waals surface area contributed by atoms with Crippen LogP contribution in [0, 0.1) is 10.8 Å². The van der Waals surface area contributed by atoms with Gasteiger partial charge in [-0.1, -0.05) is 13.8 Å². The zero-order valence-corrected chi connectivity index (χ0v) is 16.4. The molecule has 0 radical (unpaired) electrons. The normalized spacial score (nSPS) is 19.5. The third-order valence-electron chi connectivity index (χ3n) is 5.09. The fourth-order valence-electron chi connectivity index (χ4n) is 3.64. The molecule has 2 aromatic heterocycles. The van der Waals surface area contributed by atoms with E-state index in [2.05, 4.69) is 11.9 Å². The van der Waals surface area contributed by atoms with Gasteiger partial charge in [-0.25, -0.2) is 15.0 Å². The number of pyridine rings is 1. The van der Waals surface area contributed by atoms with Crippen LogP contribution in [0.2, 0.25) is 0 Å². The molecule has 28 heavy (non-hydrogen) atoms. The second-order valence-electron chi connectivity index (χ2n) is 7.02. The Labute approximate surface area is 163 Å². The van der Waals surface area contributed by atoms with Gasteiger partial charge in [0.1, 0.15) is 17.1 Å². The van der Waals surface area contributed by atoms with Gasteiger partial charge in [0.2, 0.25) is 5.82 Å². The summed E-state index contributed by atoms with van der Waals surface area (Å²) in [6, 6.07) is 5.12. The summed E-state index contributed by atoms with van der Waals surface area (Å²) in [5.41, 5.74) is -0.224. The fourth-order valence-corrected chi connectivity index (χ4v) is 3.64. The van der Waals surface area contributed by atoms with Gasteiger partial charge >= 0.3 is 11.7 Å². The quantitative estimate of drug-likeness (QED) is 0.585. The molecular formula is C20H26N3O5+. The maximum atomic E-state index is 12.3. The zero-order chi connectivity index (χ0) is 20.3. The smallest absolute Gasteiger partial charge is 0.373 e. The van der Waals surface area contributed by atoms with Gasteiger partial charge in [0, 0.05) is 19.2 Å². The van der Waals surface area contributed by atoms with Crippen LogP contribution in [0.15, 0.2) is 28.8 Å². The number of hydrogen-bond acceptors (Lipinski definition) is 6. The molecule has 0 saturated carbocycles. The summed E-state index contributed by atoms with van der Waals surface area (Å²) in [5.74, 6) is 1.70. The highest BCUT2D eigenvalue weighted by molar-refractivity contribution is 5.96. The molecule has 2 unspecified atom stereocenters. The number of aryl methyl sites for hydroxylation is 1. The van der Waals surface area contributed by atoms with E-state index in [0.29, 0.717) is 12.5 Å². The molecule has 1 N–H and O–H groups in total. The summed E-state index contributed by atoms with van der Waals surface area (Å²) in [4.78, 5) is 30.2. The van der Waals surface area contributed by atoms with Crippen molar-refractivity contribution in [2.75, 3.05) is 18.1 Å². The van der Waals surface area contributed by atoms with Crippen molar-refractivity contribution in [1.82, 2.24) is 4.98 Å². The second kappa shape index (κ2) is 8.41. The van der Waals surface area contributed by atoms with Crippen molar-refractivity contribution in [2.45, 2.75) is 46.1 Å². The molecule has 150 valence electrons. The van der Waals surface area contributed by atoms with E-state index in [0.717, 1.165) is 30.8 Å². The van der Waals surface area contributed by atoms with Gasteiger partial charge in [0.25, 0.3) is 4.92 Å². The SMILES string of the molecule is CCOC(=O)c1ccnc(N2CCC(C)CC2c2ccc(CC)o2)c1[N+](=O)O. The van der Waals surface area contributed by atoms with Crippen LogP contribution in [0.25, 0.3) is 0 Å². The third-order valence-corrected chi connectivity index (χ3v) is 5.09. The van der Waals surface area contributed by atoms with Crippen LogP contribution in [-0.4, -0.2) is 34.2 Å². The van der Waals surface area contributed by atoms with Crippen LogP contribution in [0.5, 0.6) is 0 Å². The van der Waals surface area contributed by atoms with Crippen molar-refractivity contribution >= 4 is 17.5 Å². The van der Waals surface area contributed by atoms with E-state index in [1.54, 1.807) is 6.92 Å². The molecule has 2 atom stereocenters. The Bertz CT molecular complexity index is 863. The Kier molecular flexibility index (Phi) is 5.96. The predicted molar refractivity (Wildman–Crippen MR) is 102 cm³/mol. The number of carbonyl (C=O) groups is 1. The van der Waals surface area contributed by atoms with E-state index in [9.17, 15) is 14.9 Å². The monoisotopic (exact) mass is 388 g/mol. The summed E-state index contributed by atoms with van der Waals surface area (Å²) in [7, 11) is 0. The highest BCUT2D eigenvalue weighted by Crippen LogP contribution is 2.41. The lowest BCUT2D eigenvalue weighted by atomic mass is 9.91. The van der Waals surface area contributed by atoms with Crippen molar-refractivity contribution < 1.29 is 24.1 Å². The molecule has 3 rings (SSSR count). The molecule has 1 fully saturated rings.